The number of rotatable bonds is 4. The Hall–Kier alpha value is -2.28. The van der Waals surface area contributed by atoms with Crippen LogP contribution in [-0.4, -0.2) is 65.8 Å². The Morgan fingerprint density at radius 1 is 1.03 bits per heavy atom. The topological polar surface area (TPSA) is 53.0 Å². The van der Waals surface area contributed by atoms with Gasteiger partial charge in [0.25, 0.3) is 5.91 Å². The summed E-state index contributed by atoms with van der Waals surface area (Å²) >= 11 is 0. The number of piperidine rings is 1. The van der Waals surface area contributed by atoms with Crippen molar-refractivity contribution in [3.63, 3.8) is 0 Å². The largest absolute Gasteiger partial charge is 0.393 e. The van der Waals surface area contributed by atoms with E-state index in [4.69, 9.17) is 4.74 Å². The van der Waals surface area contributed by atoms with Crippen LogP contribution in [0.5, 0.6) is 0 Å². The van der Waals surface area contributed by atoms with Crippen LogP contribution in [0.15, 0.2) is 54.6 Å². The molecular weight excluding hydrogens is 371 g/mol. The van der Waals surface area contributed by atoms with Gasteiger partial charge in [-0.1, -0.05) is 30.3 Å². The molecule has 5 nitrogen and oxygen atoms in total. The second-order valence-electron chi connectivity index (χ2n) is 7.80. The third kappa shape index (κ3) is 4.66. The lowest BCUT2D eigenvalue weighted by Crippen LogP contribution is -2.52. The first-order valence-corrected chi connectivity index (χ1v) is 10.3. The van der Waals surface area contributed by atoms with Crippen LogP contribution in [0.1, 0.15) is 34.8 Å². The van der Waals surface area contributed by atoms with Crippen molar-refractivity contribution >= 4 is 5.91 Å². The minimum Gasteiger partial charge on any atom is -0.393 e. The highest BCUT2D eigenvalue weighted by Crippen LogP contribution is 2.32. The molecule has 2 aromatic rings. The number of aliphatic hydroxyl groups excluding tert-OH is 1. The minimum absolute atomic E-state index is 0.110. The summed E-state index contributed by atoms with van der Waals surface area (Å²) in [7, 11) is 0. The molecule has 2 atom stereocenters. The molecule has 1 N–H and O–H groups in total. The highest BCUT2D eigenvalue weighted by atomic mass is 19.1. The Morgan fingerprint density at radius 2 is 1.72 bits per heavy atom. The van der Waals surface area contributed by atoms with Gasteiger partial charge in [0.2, 0.25) is 0 Å². The highest BCUT2D eigenvalue weighted by Gasteiger charge is 2.38. The number of hydrogen-bond acceptors (Lipinski definition) is 4. The number of carbonyl (C=O) groups is 1. The highest BCUT2D eigenvalue weighted by molar-refractivity contribution is 5.94. The SMILES string of the molecule is O=C(c1ccc(F)cc1)N1CCO[C@@H](CN2CCC(O)CC2)[C@@H]1c1ccccc1. The molecule has 2 saturated heterocycles. The maximum absolute atomic E-state index is 13.3. The van der Waals surface area contributed by atoms with Crippen LogP contribution in [-0.2, 0) is 4.74 Å². The maximum atomic E-state index is 13.3. The Morgan fingerprint density at radius 3 is 2.41 bits per heavy atom. The minimum atomic E-state index is -0.353. The molecule has 0 radical (unpaired) electrons. The van der Waals surface area contributed by atoms with E-state index in [1.807, 2.05) is 35.2 Å². The molecule has 154 valence electrons. The van der Waals surface area contributed by atoms with E-state index in [1.54, 1.807) is 0 Å². The molecule has 0 saturated carbocycles. The van der Waals surface area contributed by atoms with Crippen molar-refractivity contribution in [2.75, 3.05) is 32.8 Å². The monoisotopic (exact) mass is 398 g/mol. The van der Waals surface area contributed by atoms with Crippen LogP contribution >= 0.6 is 0 Å². The second-order valence-corrected chi connectivity index (χ2v) is 7.80. The Kier molecular flexibility index (Phi) is 6.23. The molecular formula is C23H27FN2O3. The summed E-state index contributed by atoms with van der Waals surface area (Å²) < 4.78 is 19.5. The second kappa shape index (κ2) is 9.03. The molecule has 2 heterocycles. The molecule has 2 aliphatic heterocycles. The van der Waals surface area contributed by atoms with Crippen LogP contribution < -0.4 is 0 Å². The van der Waals surface area contributed by atoms with E-state index in [2.05, 4.69) is 4.90 Å². The number of nitrogens with zero attached hydrogens (tertiary/aromatic N) is 2. The first-order chi connectivity index (χ1) is 14.1. The molecule has 2 aliphatic rings. The zero-order valence-electron chi connectivity index (χ0n) is 16.4. The smallest absolute Gasteiger partial charge is 0.254 e. The van der Waals surface area contributed by atoms with Crippen molar-refractivity contribution in [3.05, 3.63) is 71.5 Å². The quantitative estimate of drug-likeness (QED) is 0.861. The van der Waals surface area contributed by atoms with Crippen LogP contribution in [0.25, 0.3) is 0 Å². The van der Waals surface area contributed by atoms with Gasteiger partial charge in [-0.05, 0) is 42.7 Å². The summed E-state index contributed by atoms with van der Waals surface area (Å²) in [6, 6.07) is 15.5. The van der Waals surface area contributed by atoms with Gasteiger partial charge in [0.15, 0.2) is 0 Å². The molecule has 0 unspecified atom stereocenters. The molecule has 29 heavy (non-hydrogen) atoms. The van der Waals surface area contributed by atoms with Gasteiger partial charge in [0.05, 0.1) is 24.9 Å². The van der Waals surface area contributed by atoms with Crippen LogP contribution in [0.2, 0.25) is 0 Å². The van der Waals surface area contributed by atoms with Gasteiger partial charge in [0.1, 0.15) is 5.82 Å². The van der Waals surface area contributed by atoms with Crippen LogP contribution in [0.4, 0.5) is 4.39 Å². The zero-order valence-corrected chi connectivity index (χ0v) is 16.4. The standard InChI is InChI=1S/C23H27FN2O3/c24-19-8-6-18(7-9-19)23(28)26-14-15-29-21(16-25-12-10-20(27)11-13-25)22(26)17-4-2-1-3-5-17/h1-9,20-22,27H,10-16H2/t21-,22-/m0/s1. The van der Waals surface area contributed by atoms with Crippen molar-refractivity contribution in [1.29, 1.82) is 0 Å². The predicted molar refractivity (Wildman–Crippen MR) is 108 cm³/mol. The molecule has 0 spiro atoms. The van der Waals surface area contributed by atoms with Gasteiger partial charge in [-0.3, -0.25) is 4.79 Å². The summed E-state index contributed by atoms with van der Waals surface area (Å²) in [5.74, 6) is -0.463. The zero-order chi connectivity index (χ0) is 20.2. The van der Waals surface area contributed by atoms with Crippen molar-refractivity contribution in [3.8, 4) is 0 Å². The van der Waals surface area contributed by atoms with E-state index >= 15 is 0 Å². The average molecular weight is 398 g/mol. The number of ether oxygens (including phenoxy) is 1. The molecule has 1 amide bonds. The maximum Gasteiger partial charge on any atom is 0.254 e. The molecule has 2 aromatic carbocycles. The van der Waals surface area contributed by atoms with Gasteiger partial charge in [-0.2, -0.15) is 0 Å². The molecule has 4 rings (SSSR count). The van der Waals surface area contributed by atoms with Crippen LogP contribution in [0.3, 0.4) is 0 Å². The van der Waals surface area contributed by atoms with E-state index in [0.29, 0.717) is 25.3 Å². The fourth-order valence-corrected chi connectivity index (χ4v) is 4.27. The van der Waals surface area contributed by atoms with E-state index in [-0.39, 0.29) is 30.0 Å². The number of halogens is 1. The summed E-state index contributed by atoms with van der Waals surface area (Å²) in [5, 5.41) is 9.79. The van der Waals surface area contributed by atoms with Crippen LogP contribution in [0, 0.1) is 5.82 Å². The number of aliphatic hydroxyl groups is 1. The Labute approximate surface area is 170 Å². The Balaban J connectivity index is 1.59. The Bertz CT molecular complexity index is 807. The van der Waals surface area contributed by atoms with E-state index < -0.39 is 0 Å². The van der Waals surface area contributed by atoms with Crippen molar-refractivity contribution < 1.29 is 19.0 Å². The third-order valence-electron chi connectivity index (χ3n) is 5.84. The van der Waals surface area contributed by atoms with Gasteiger partial charge in [-0.25, -0.2) is 4.39 Å². The fourth-order valence-electron chi connectivity index (χ4n) is 4.27. The first kappa shape index (κ1) is 20.0. The summed E-state index contributed by atoms with van der Waals surface area (Å²) in [4.78, 5) is 17.4. The number of amides is 1. The predicted octanol–water partition coefficient (Wildman–Crippen LogP) is 2.86. The summed E-state index contributed by atoms with van der Waals surface area (Å²) in [6.45, 7) is 3.32. The fraction of sp³-hybridized carbons (Fsp3) is 0.435. The van der Waals surface area contributed by atoms with Crippen molar-refractivity contribution in [2.24, 2.45) is 0 Å². The number of morpholine rings is 1. The lowest BCUT2D eigenvalue weighted by Gasteiger charge is -2.44. The number of likely N-dealkylation sites (tertiary alicyclic amines) is 1. The first-order valence-electron chi connectivity index (χ1n) is 10.3. The molecule has 0 bridgehead atoms. The van der Waals surface area contributed by atoms with Gasteiger partial charge < -0.3 is 19.6 Å². The van der Waals surface area contributed by atoms with Crippen molar-refractivity contribution in [1.82, 2.24) is 9.80 Å². The third-order valence-corrected chi connectivity index (χ3v) is 5.84. The summed E-state index contributed by atoms with van der Waals surface area (Å²) in [6.07, 6.45) is 1.15. The van der Waals surface area contributed by atoms with Gasteiger partial charge in [0, 0.05) is 31.7 Å². The average Bonchev–Trinajstić information content (AvgIpc) is 2.76. The molecule has 0 aromatic heterocycles. The molecule has 0 aliphatic carbocycles. The van der Waals surface area contributed by atoms with E-state index in [9.17, 15) is 14.3 Å². The van der Waals surface area contributed by atoms with Gasteiger partial charge >= 0.3 is 0 Å². The molecule has 2 fully saturated rings. The van der Waals surface area contributed by atoms with E-state index in [1.165, 1.54) is 24.3 Å². The number of hydrogen-bond donors (Lipinski definition) is 1. The number of benzene rings is 2. The molecule has 6 heteroatoms. The normalized spacial score (nSPS) is 23.9. The van der Waals surface area contributed by atoms with Gasteiger partial charge in [-0.15, -0.1) is 0 Å². The van der Waals surface area contributed by atoms with Crippen molar-refractivity contribution in [2.45, 2.75) is 31.1 Å². The lowest BCUT2D eigenvalue weighted by atomic mass is 9.95. The van der Waals surface area contributed by atoms with E-state index in [0.717, 1.165) is 31.5 Å². The summed E-state index contributed by atoms with van der Waals surface area (Å²) in [5.41, 5.74) is 1.51. The number of carbonyl (C=O) groups excluding carboxylic acids is 1. The lowest BCUT2D eigenvalue weighted by molar-refractivity contribution is -0.0770.